The van der Waals surface area contributed by atoms with Gasteiger partial charge in [0, 0.05) is 0 Å². The molecule has 2 rings (SSSR count). The number of aryl methyl sites for hydroxylation is 1. The second-order valence-corrected chi connectivity index (χ2v) is 4.70. The Morgan fingerprint density at radius 2 is 2.16 bits per heavy atom. The van der Waals surface area contributed by atoms with Crippen molar-refractivity contribution in [1.29, 1.82) is 0 Å². The highest BCUT2D eigenvalue weighted by molar-refractivity contribution is 7.14. The summed E-state index contributed by atoms with van der Waals surface area (Å²) in [7, 11) is 0. The molecule has 0 atom stereocenters. The van der Waals surface area contributed by atoms with E-state index >= 15 is 0 Å². The van der Waals surface area contributed by atoms with Crippen molar-refractivity contribution >= 4 is 28.3 Å². The number of furan rings is 1. The van der Waals surface area contributed by atoms with Crippen LogP contribution in [-0.4, -0.2) is 17.1 Å². The lowest BCUT2D eigenvalue weighted by Crippen LogP contribution is -2.28. The van der Waals surface area contributed by atoms with E-state index in [0.717, 1.165) is 17.1 Å². The maximum Gasteiger partial charge on any atom is 0.338 e. The van der Waals surface area contributed by atoms with Crippen LogP contribution >= 0.6 is 11.3 Å². The van der Waals surface area contributed by atoms with Crippen LogP contribution in [0.4, 0.5) is 9.80 Å². The van der Waals surface area contributed by atoms with Crippen LogP contribution < -0.4 is 10.6 Å². The first kappa shape index (κ1) is 13.2. The number of urea groups is 1. The summed E-state index contributed by atoms with van der Waals surface area (Å²) in [6.45, 7) is 2.06. The Bertz CT molecular complexity index is 602. The third kappa shape index (κ3) is 3.35. The highest BCUT2D eigenvalue weighted by Gasteiger charge is 2.13. The van der Waals surface area contributed by atoms with Crippen molar-refractivity contribution < 1.29 is 19.1 Å². The molecule has 0 aliphatic carbocycles. The van der Waals surface area contributed by atoms with Gasteiger partial charge in [-0.25, -0.2) is 9.59 Å². The number of carboxylic acid groups (broad SMARTS) is 1. The van der Waals surface area contributed by atoms with Gasteiger partial charge in [-0.2, -0.15) is 0 Å². The molecule has 6 nitrogen and oxygen atoms in total. The van der Waals surface area contributed by atoms with Crippen molar-refractivity contribution in [2.45, 2.75) is 13.5 Å². The summed E-state index contributed by atoms with van der Waals surface area (Å²) in [6, 6.07) is 4.54. The van der Waals surface area contributed by atoms with Gasteiger partial charge >= 0.3 is 12.0 Å². The largest absolute Gasteiger partial charge is 0.478 e. The summed E-state index contributed by atoms with van der Waals surface area (Å²) in [5.74, 6) is 0.333. The van der Waals surface area contributed by atoms with E-state index < -0.39 is 12.0 Å². The SMILES string of the molecule is Cc1ccc(CNC(=O)Nc2sccc2C(=O)O)o1. The fourth-order valence-corrected chi connectivity index (χ4v) is 2.24. The fraction of sp³-hybridized carbons (Fsp3) is 0.167. The van der Waals surface area contributed by atoms with E-state index in [0.29, 0.717) is 10.8 Å². The lowest BCUT2D eigenvalue weighted by molar-refractivity contribution is 0.0698. The van der Waals surface area contributed by atoms with Gasteiger partial charge < -0.3 is 14.8 Å². The Morgan fingerprint density at radius 3 is 2.79 bits per heavy atom. The number of rotatable bonds is 4. The Hall–Kier alpha value is -2.28. The van der Waals surface area contributed by atoms with Gasteiger partial charge in [0.25, 0.3) is 0 Å². The van der Waals surface area contributed by atoms with Crippen LogP contribution in [0.2, 0.25) is 0 Å². The molecule has 19 heavy (non-hydrogen) atoms. The average Bonchev–Trinajstić information content (AvgIpc) is 2.95. The molecule has 0 aromatic carbocycles. The maximum absolute atomic E-state index is 11.6. The summed E-state index contributed by atoms with van der Waals surface area (Å²) in [6.07, 6.45) is 0. The summed E-state index contributed by atoms with van der Waals surface area (Å²) >= 11 is 1.16. The molecule has 0 aliphatic rings. The van der Waals surface area contributed by atoms with E-state index in [4.69, 9.17) is 9.52 Å². The van der Waals surface area contributed by atoms with Crippen LogP contribution in [0.3, 0.4) is 0 Å². The summed E-state index contributed by atoms with van der Waals surface area (Å²) in [4.78, 5) is 22.5. The molecule has 0 bridgehead atoms. The summed E-state index contributed by atoms with van der Waals surface area (Å²) in [5.41, 5.74) is 0.0778. The topological polar surface area (TPSA) is 91.6 Å². The lowest BCUT2D eigenvalue weighted by atomic mass is 10.3. The van der Waals surface area contributed by atoms with Crippen molar-refractivity contribution in [3.63, 3.8) is 0 Å². The summed E-state index contributed by atoms with van der Waals surface area (Å²) in [5, 5.41) is 15.9. The molecular formula is C12H12N2O4S. The average molecular weight is 280 g/mol. The number of aromatic carboxylic acids is 1. The first-order chi connectivity index (χ1) is 9.06. The Labute approximate surface area is 113 Å². The summed E-state index contributed by atoms with van der Waals surface area (Å²) < 4.78 is 5.30. The van der Waals surface area contributed by atoms with Crippen molar-refractivity contribution in [1.82, 2.24) is 5.32 Å². The molecule has 2 amide bonds. The molecule has 3 N–H and O–H groups in total. The number of hydrogen-bond acceptors (Lipinski definition) is 4. The number of thiophene rings is 1. The van der Waals surface area contributed by atoms with Gasteiger partial charge in [-0.3, -0.25) is 5.32 Å². The predicted octanol–water partition coefficient (Wildman–Crippen LogP) is 2.67. The van der Waals surface area contributed by atoms with Gasteiger partial charge in [-0.05, 0) is 30.5 Å². The van der Waals surface area contributed by atoms with Crippen LogP contribution in [0.15, 0.2) is 28.0 Å². The second-order valence-electron chi connectivity index (χ2n) is 3.79. The van der Waals surface area contributed by atoms with E-state index in [1.54, 1.807) is 17.5 Å². The quantitative estimate of drug-likeness (QED) is 0.803. The zero-order valence-corrected chi connectivity index (χ0v) is 10.9. The molecule has 2 heterocycles. The molecule has 7 heteroatoms. The molecule has 0 aliphatic heterocycles. The molecular weight excluding hydrogens is 268 g/mol. The van der Waals surface area contributed by atoms with Gasteiger partial charge in [0.15, 0.2) is 0 Å². The van der Waals surface area contributed by atoms with E-state index in [1.165, 1.54) is 6.07 Å². The third-order valence-electron chi connectivity index (χ3n) is 2.34. The Balaban J connectivity index is 1.90. The standard InChI is InChI=1S/C12H12N2O4S/c1-7-2-3-8(18-7)6-13-12(17)14-10-9(11(15)16)4-5-19-10/h2-5H,6H2,1H3,(H,15,16)(H2,13,14,17). The van der Waals surface area contributed by atoms with Crippen molar-refractivity contribution in [2.75, 3.05) is 5.32 Å². The number of carbonyl (C=O) groups is 2. The molecule has 2 aromatic heterocycles. The molecule has 0 fully saturated rings. The number of carboxylic acids is 1. The van der Waals surface area contributed by atoms with Gasteiger partial charge in [0.1, 0.15) is 16.5 Å². The zero-order valence-electron chi connectivity index (χ0n) is 10.1. The molecule has 100 valence electrons. The van der Waals surface area contributed by atoms with Crippen LogP contribution in [0.25, 0.3) is 0 Å². The monoisotopic (exact) mass is 280 g/mol. The van der Waals surface area contributed by atoms with Crippen molar-refractivity contribution in [2.24, 2.45) is 0 Å². The van der Waals surface area contributed by atoms with E-state index in [1.807, 2.05) is 6.92 Å². The number of anilines is 1. The maximum atomic E-state index is 11.6. The van der Waals surface area contributed by atoms with E-state index in [-0.39, 0.29) is 12.1 Å². The Morgan fingerprint density at radius 1 is 1.37 bits per heavy atom. The second kappa shape index (κ2) is 5.57. The smallest absolute Gasteiger partial charge is 0.338 e. The molecule has 0 radical (unpaired) electrons. The highest BCUT2D eigenvalue weighted by Crippen LogP contribution is 2.22. The fourth-order valence-electron chi connectivity index (χ4n) is 1.47. The molecule has 0 saturated heterocycles. The first-order valence-corrected chi connectivity index (χ1v) is 6.35. The first-order valence-electron chi connectivity index (χ1n) is 5.47. The number of amides is 2. The van der Waals surface area contributed by atoms with Crippen molar-refractivity contribution in [3.05, 3.63) is 40.7 Å². The lowest BCUT2D eigenvalue weighted by Gasteiger charge is -2.05. The highest BCUT2D eigenvalue weighted by atomic mass is 32.1. The van der Waals surface area contributed by atoms with Crippen LogP contribution in [0.1, 0.15) is 21.9 Å². The zero-order chi connectivity index (χ0) is 13.8. The van der Waals surface area contributed by atoms with E-state index in [9.17, 15) is 9.59 Å². The third-order valence-corrected chi connectivity index (χ3v) is 3.17. The van der Waals surface area contributed by atoms with Crippen LogP contribution in [0.5, 0.6) is 0 Å². The van der Waals surface area contributed by atoms with Crippen LogP contribution in [0, 0.1) is 6.92 Å². The van der Waals surface area contributed by atoms with Gasteiger partial charge in [-0.1, -0.05) is 0 Å². The number of carbonyl (C=O) groups excluding carboxylic acids is 1. The van der Waals surface area contributed by atoms with Crippen molar-refractivity contribution in [3.8, 4) is 0 Å². The van der Waals surface area contributed by atoms with Gasteiger partial charge in [-0.15, -0.1) is 11.3 Å². The molecule has 0 saturated carbocycles. The molecule has 0 spiro atoms. The number of nitrogens with one attached hydrogen (secondary N) is 2. The Kier molecular flexibility index (Phi) is 3.86. The normalized spacial score (nSPS) is 10.2. The van der Waals surface area contributed by atoms with Crippen LogP contribution in [-0.2, 0) is 6.54 Å². The molecule has 2 aromatic rings. The number of hydrogen-bond donors (Lipinski definition) is 3. The minimum Gasteiger partial charge on any atom is -0.478 e. The van der Waals surface area contributed by atoms with Gasteiger partial charge in [0.05, 0.1) is 12.1 Å². The minimum absolute atomic E-state index is 0.0778. The minimum atomic E-state index is -1.07. The van der Waals surface area contributed by atoms with Gasteiger partial charge in [0.2, 0.25) is 0 Å². The molecule has 0 unspecified atom stereocenters. The van der Waals surface area contributed by atoms with E-state index in [2.05, 4.69) is 10.6 Å². The predicted molar refractivity (Wildman–Crippen MR) is 70.6 cm³/mol.